The van der Waals surface area contributed by atoms with Gasteiger partial charge in [-0.1, -0.05) is 6.92 Å². The zero-order valence-corrected chi connectivity index (χ0v) is 9.31. The second-order valence-corrected chi connectivity index (χ2v) is 5.24. The van der Waals surface area contributed by atoms with Gasteiger partial charge >= 0.3 is 0 Å². The number of aromatic nitrogens is 1. The van der Waals surface area contributed by atoms with E-state index in [0.29, 0.717) is 11.3 Å². The molecule has 0 radical (unpaired) electrons. The monoisotopic (exact) mass is 215 g/mol. The first-order valence-electron chi connectivity index (χ1n) is 4.79. The molecule has 0 spiro atoms. The average molecular weight is 216 g/mol. The van der Waals surface area contributed by atoms with Crippen molar-refractivity contribution in [3.63, 3.8) is 0 Å². The highest BCUT2D eigenvalue weighted by Crippen LogP contribution is 2.39. The maximum absolute atomic E-state index is 6.17. The minimum Gasteiger partial charge on any atom is -0.249 e. The molecule has 13 heavy (non-hydrogen) atoms. The molecular weight excluding hydrogens is 202 g/mol. The van der Waals surface area contributed by atoms with Crippen LogP contribution >= 0.6 is 22.9 Å². The Morgan fingerprint density at radius 1 is 1.54 bits per heavy atom. The molecule has 0 N–H and O–H groups in total. The molecule has 72 valence electrons. The zero-order valence-electron chi connectivity index (χ0n) is 7.74. The van der Waals surface area contributed by atoms with Crippen LogP contribution < -0.4 is 0 Å². The van der Waals surface area contributed by atoms with Gasteiger partial charge in [0, 0.05) is 16.7 Å². The van der Waals surface area contributed by atoms with E-state index >= 15 is 0 Å². The van der Waals surface area contributed by atoms with Crippen LogP contribution in [0.2, 0.25) is 0 Å². The lowest BCUT2D eigenvalue weighted by Gasteiger charge is -2.30. The fourth-order valence-electron chi connectivity index (χ4n) is 2.09. The van der Waals surface area contributed by atoms with Crippen molar-refractivity contribution in [2.24, 2.45) is 5.92 Å². The molecule has 2 rings (SSSR count). The fourth-order valence-corrected chi connectivity index (χ4v) is 3.02. The Labute approximate surface area is 88.1 Å². The summed E-state index contributed by atoms with van der Waals surface area (Å²) in [7, 11) is 0. The molecule has 1 aromatic heterocycles. The Kier molecular flexibility index (Phi) is 2.89. The number of alkyl halides is 1. The van der Waals surface area contributed by atoms with Crippen molar-refractivity contribution in [1.29, 1.82) is 0 Å². The highest BCUT2D eigenvalue weighted by Gasteiger charge is 2.28. The minimum absolute atomic E-state index is 0.364. The Hall–Kier alpha value is -0.0800. The molecule has 1 aliphatic rings. The highest BCUT2D eigenvalue weighted by molar-refractivity contribution is 7.07. The van der Waals surface area contributed by atoms with E-state index in [4.69, 9.17) is 11.6 Å². The lowest BCUT2D eigenvalue weighted by molar-refractivity contribution is 0.330. The van der Waals surface area contributed by atoms with Crippen molar-refractivity contribution in [2.45, 2.75) is 37.5 Å². The van der Waals surface area contributed by atoms with Crippen molar-refractivity contribution >= 4 is 22.9 Å². The molecule has 1 nitrogen and oxygen atoms in total. The van der Waals surface area contributed by atoms with Crippen LogP contribution in [0.25, 0.3) is 0 Å². The van der Waals surface area contributed by atoms with Crippen LogP contribution in [0.15, 0.2) is 10.9 Å². The summed E-state index contributed by atoms with van der Waals surface area (Å²) in [6.45, 7) is 2.31. The molecule has 1 fully saturated rings. The summed E-state index contributed by atoms with van der Waals surface area (Å²) in [6.07, 6.45) is 3.52. The first-order chi connectivity index (χ1) is 6.27. The second-order valence-electron chi connectivity index (χ2n) is 3.91. The smallest absolute Gasteiger partial charge is 0.0794 e. The van der Waals surface area contributed by atoms with Crippen LogP contribution in [-0.4, -0.2) is 10.4 Å². The molecule has 3 atom stereocenters. The largest absolute Gasteiger partial charge is 0.249 e. The Balaban J connectivity index is 2.12. The maximum Gasteiger partial charge on any atom is 0.0794 e. The molecular formula is C10H14ClNS. The second kappa shape index (κ2) is 3.97. The van der Waals surface area contributed by atoms with Gasteiger partial charge in [-0.15, -0.1) is 22.9 Å². The SMILES string of the molecule is CC1CCC(Cl)CC1c1cscn1. The van der Waals surface area contributed by atoms with E-state index in [2.05, 4.69) is 17.3 Å². The van der Waals surface area contributed by atoms with Gasteiger partial charge in [-0.3, -0.25) is 0 Å². The number of halogens is 1. The third-order valence-electron chi connectivity index (χ3n) is 2.96. The molecule has 1 saturated carbocycles. The quantitative estimate of drug-likeness (QED) is 0.652. The van der Waals surface area contributed by atoms with Gasteiger partial charge in [-0.25, -0.2) is 4.98 Å². The summed E-state index contributed by atoms with van der Waals surface area (Å²) in [4.78, 5) is 4.38. The van der Waals surface area contributed by atoms with Crippen LogP contribution in [0.4, 0.5) is 0 Å². The molecule has 0 saturated heterocycles. The molecule has 0 bridgehead atoms. The maximum atomic E-state index is 6.17. The summed E-state index contributed by atoms with van der Waals surface area (Å²) < 4.78 is 0. The van der Waals surface area contributed by atoms with E-state index in [1.54, 1.807) is 11.3 Å². The van der Waals surface area contributed by atoms with Crippen LogP contribution in [0.1, 0.15) is 37.8 Å². The number of hydrogen-bond acceptors (Lipinski definition) is 2. The molecule has 0 amide bonds. The van der Waals surface area contributed by atoms with Crippen LogP contribution in [0.5, 0.6) is 0 Å². The summed E-state index contributed by atoms with van der Waals surface area (Å²) >= 11 is 7.85. The lowest BCUT2D eigenvalue weighted by Crippen LogP contribution is -2.21. The van der Waals surface area contributed by atoms with Gasteiger partial charge in [0.2, 0.25) is 0 Å². The van der Waals surface area contributed by atoms with E-state index < -0.39 is 0 Å². The summed E-state index contributed by atoms with van der Waals surface area (Å²) in [5.74, 6) is 1.35. The Morgan fingerprint density at radius 2 is 2.38 bits per heavy atom. The van der Waals surface area contributed by atoms with Gasteiger partial charge in [0.1, 0.15) is 0 Å². The molecule has 3 heteroatoms. The molecule has 1 aliphatic carbocycles. The van der Waals surface area contributed by atoms with Crippen LogP contribution in [0, 0.1) is 5.92 Å². The predicted octanol–water partition coefficient (Wildman–Crippen LogP) is 3.65. The normalized spacial score (nSPS) is 34.8. The molecule has 0 aliphatic heterocycles. The first kappa shape index (κ1) is 9.47. The topological polar surface area (TPSA) is 12.9 Å². The van der Waals surface area contributed by atoms with Gasteiger partial charge in [-0.2, -0.15) is 0 Å². The first-order valence-corrected chi connectivity index (χ1v) is 6.17. The van der Waals surface area contributed by atoms with Crippen LogP contribution in [0.3, 0.4) is 0 Å². The third kappa shape index (κ3) is 2.05. The van der Waals surface area contributed by atoms with Crippen molar-refractivity contribution in [1.82, 2.24) is 4.98 Å². The van der Waals surface area contributed by atoms with Crippen molar-refractivity contribution in [2.75, 3.05) is 0 Å². The summed E-state index contributed by atoms with van der Waals surface area (Å²) in [6, 6.07) is 0. The van der Waals surface area contributed by atoms with E-state index in [-0.39, 0.29) is 0 Å². The van der Waals surface area contributed by atoms with Crippen LogP contribution in [-0.2, 0) is 0 Å². The average Bonchev–Trinajstić information content (AvgIpc) is 2.61. The molecule has 1 aromatic rings. The summed E-state index contributed by atoms with van der Waals surface area (Å²) in [5, 5.41) is 2.53. The third-order valence-corrected chi connectivity index (χ3v) is 3.96. The predicted molar refractivity (Wildman–Crippen MR) is 57.5 cm³/mol. The van der Waals surface area contributed by atoms with Gasteiger partial charge in [0.05, 0.1) is 11.2 Å². The van der Waals surface area contributed by atoms with E-state index in [1.807, 2.05) is 5.51 Å². The van der Waals surface area contributed by atoms with Crippen molar-refractivity contribution < 1.29 is 0 Å². The van der Waals surface area contributed by atoms with E-state index in [1.165, 1.54) is 18.5 Å². The summed E-state index contributed by atoms with van der Waals surface area (Å²) in [5.41, 5.74) is 3.17. The number of thiazole rings is 1. The van der Waals surface area contributed by atoms with Gasteiger partial charge < -0.3 is 0 Å². The molecule has 3 unspecified atom stereocenters. The van der Waals surface area contributed by atoms with Gasteiger partial charge in [0.25, 0.3) is 0 Å². The Bertz CT molecular complexity index is 260. The number of hydrogen-bond donors (Lipinski definition) is 0. The van der Waals surface area contributed by atoms with Gasteiger partial charge in [-0.05, 0) is 25.2 Å². The number of rotatable bonds is 1. The molecule has 0 aromatic carbocycles. The van der Waals surface area contributed by atoms with E-state index in [9.17, 15) is 0 Å². The molecule has 1 heterocycles. The highest BCUT2D eigenvalue weighted by atomic mass is 35.5. The number of nitrogens with zero attached hydrogens (tertiary/aromatic N) is 1. The van der Waals surface area contributed by atoms with Crippen molar-refractivity contribution in [3.05, 3.63) is 16.6 Å². The Morgan fingerprint density at radius 3 is 3.08 bits per heavy atom. The lowest BCUT2D eigenvalue weighted by atomic mass is 9.79. The minimum atomic E-state index is 0.364. The standard InChI is InChI=1S/C10H14ClNS/c1-7-2-3-8(11)4-9(7)10-5-13-6-12-10/h5-9H,2-4H2,1H3. The van der Waals surface area contributed by atoms with Crippen molar-refractivity contribution in [3.8, 4) is 0 Å². The van der Waals surface area contributed by atoms with Gasteiger partial charge in [0.15, 0.2) is 0 Å². The van der Waals surface area contributed by atoms with E-state index in [0.717, 1.165) is 12.3 Å². The fraction of sp³-hybridized carbons (Fsp3) is 0.700. The zero-order chi connectivity index (χ0) is 9.26.